The van der Waals surface area contributed by atoms with Crippen LogP contribution in [0.15, 0.2) is 34.9 Å². The first-order chi connectivity index (χ1) is 15.7. The molecule has 0 bridgehead atoms. The standard InChI is InChI=1S/C23H34N4O5/c1-3-31-20-6-4-19(5-7-20)16-27(10-9-26-11-14-30-15-12-26)17-22-25-21(18-32-22)23(28)24-8-13-29-2/h4-7,18H,3,8-17H2,1-2H3,(H,24,28). The highest BCUT2D eigenvalue weighted by molar-refractivity contribution is 5.91. The molecular formula is C23H34N4O5. The molecule has 0 aliphatic carbocycles. The molecule has 0 atom stereocenters. The van der Waals surface area contributed by atoms with Gasteiger partial charge in [-0.25, -0.2) is 4.98 Å². The molecule has 0 saturated carbocycles. The molecule has 0 radical (unpaired) electrons. The molecule has 9 heteroatoms. The lowest BCUT2D eigenvalue weighted by Gasteiger charge is -2.29. The largest absolute Gasteiger partial charge is 0.494 e. The van der Waals surface area contributed by atoms with E-state index in [0.717, 1.165) is 51.7 Å². The molecule has 1 saturated heterocycles. The Kier molecular flexibility index (Phi) is 9.96. The Hall–Kier alpha value is -2.46. The van der Waals surface area contributed by atoms with Gasteiger partial charge in [-0.15, -0.1) is 0 Å². The predicted molar refractivity (Wildman–Crippen MR) is 120 cm³/mol. The Labute approximate surface area is 189 Å². The van der Waals surface area contributed by atoms with E-state index in [1.807, 2.05) is 19.1 Å². The summed E-state index contributed by atoms with van der Waals surface area (Å²) in [5.74, 6) is 1.13. The number of carbonyl (C=O) groups excluding carboxylic acids is 1. The monoisotopic (exact) mass is 446 g/mol. The summed E-state index contributed by atoms with van der Waals surface area (Å²) in [6.45, 7) is 10.0. The zero-order valence-electron chi connectivity index (χ0n) is 19.0. The number of aromatic nitrogens is 1. The van der Waals surface area contributed by atoms with Gasteiger partial charge in [0.05, 0.1) is 33.0 Å². The lowest BCUT2D eigenvalue weighted by molar-refractivity contribution is 0.0320. The maximum atomic E-state index is 12.2. The van der Waals surface area contributed by atoms with Gasteiger partial charge in [-0.3, -0.25) is 14.6 Å². The van der Waals surface area contributed by atoms with Crippen LogP contribution in [0.1, 0.15) is 28.9 Å². The second-order valence-electron chi connectivity index (χ2n) is 7.62. The van der Waals surface area contributed by atoms with E-state index in [9.17, 15) is 4.79 Å². The molecule has 32 heavy (non-hydrogen) atoms. The minimum atomic E-state index is -0.261. The highest BCUT2D eigenvalue weighted by atomic mass is 16.5. The number of methoxy groups -OCH3 is 1. The molecule has 1 fully saturated rings. The fourth-order valence-electron chi connectivity index (χ4n) is 3.47. The number of nitrogens with one attached hydrogen (secondary N) is 1. The molecule has 176 valence electrons. The van der Waals surface area contributed by atoms with Gasteiger partial charge in [0, 0.05) is 46.4 Å². The van der Waals surface area contributed by atoms with Crippen LogP contribution in [0.2, 0.25) is 0 Å². The Morgan fingerprint density at radius 3 is 2.72 bits per heavy atom. The van der Waals surface area contributed by atoms with E-state index >= 15 is 0 Å². The minimum Gasteiger partial charge on any atom is -0.494 e. The zero-order chi connectivity index (χ0) is 22.6. The first-order valence-corrected chi connectivity index (χ1v) is 11.1. The zero-order valence-corrected chi connectivity index (χ0v) is 19.0. The lowest BCUT2D eigenvalue weighted by Crippen LogP contribution is -2.41. The molecule has 3 rings (SSSR count). The van der Waals surface area contributed by atoms with E-state index in [-0.39, 0.29) is 11.6 Å². The number of carbonyl (C=O) groups is 1. The van der Waals surface area contributed by atoms with Gasteiger partial charge in [0.2, 0.25) is 5.89 Å². The fourth-order valence-corrected chi connectivity index (χ4v) is 3.47. The number of hydrogen-bond acceptors (Lipinski definition) is 8. The van der Waals surface area contributed by atoms with E-state index in [1.165, 1.54) is 11.8 Å². The van der Waals surface area contributed by atoms with Gasteiger partial charge in [0.1, 0.15) is 12.0 Å². The number of morpholine rings is 1. The van der Waals surface area contributed by atoms with E-state index in [0.29, 0.717) is 32.2 Å². The summed E-state index contributed by atoms with van der Waals surface area (Å²) in [5, 5.41) is 2.76. The van der Waals surface area contributed by atoms with Crippen LogP contribution < -0.4 is 10.1 Å². The molecule has 2 heterocycles. The second-order valence-corrected chi connectivity index (χ2v) is 7.62. The number of oxazole rings is 1. The molecule has 9 nitrogen and oxygen atoms in total. The molecule has 1 amide bonds. The van der Waals surface area contributed by atoms with Crippen molar-refractivity contribution in [1.82, 2.24) is 20.1 Å². The Bertz CT molecular complexity index is 805. The summed E-state index contributed by atoms with van der Waals surface area (Å²) >= 11 is 0. The molecule has 1 aromatic heterocycles. The summed E-state index contributed by atoms with van der Waals surface area (Å²) in [6.07, 6.45) is 1.41. The van der Waals surface area contributed by atoms with Crippen LogP contribution in [0, 0.1) is 0 Å². The fraction of sp³-hybridized carbons (Fsp3) is 0.565. The van der Waals surface area contributed by atoms with Crippen molar-refractivity contribution in [3.8, 4) is 5.75 Å². The van der Waals surface area contributed by atoms with E-state index in [4.69, 9.17) is 18.6 Å². The SMILES string of the molecule is CCOc1ccc(CN(CCN2CCOCC2)Cc2nc(C(=O)NCCOC)co2)cc1. The van der Waals surface area contributed by atoms with Gasteiger partial charge in [-0.05, 0) is 24.6 Å². The summed E-state index contributed by atoms with van der Waals surface area (Å²) < 4.78 is 21.6. The van der Waals surface area contributed by atoms with Gasteiger partial charge < -0.3 is 23.9 Å². The number of rotatable bonds is 13. The third kappa shape index (κ3) is 7.90. The molecule has 0 unspecified atom stereocenters. The summed E-state index contributed by atoms with van der Waals surface area (Å²) in [6, 6.07) is 8.15. The smallest absolute Gasteiger partial charge is 0.273 e. The Morgan fingerprint density at radius 1 is 1.22 bits per heavy atom. The van der Waals surface area contributed by atoms with E-state index < -0.39 is 0 Å². The average Bonchev–Trinajstić information content (AvgIpc) is 3.28. The summed E-state index contributed by atoms with van der Waals surface area (Å²) in [4.78, 5) is 21.3. The highest BCUT2D eigenvalue weighted by Crippen LogP contribution is 2.15. The number of hydrogen-bond donors (Lipinski definition) is 1. The van der Waals surface area contributed by atoms with Crippen LogP contribution in [0.3, 0.4) is 0 Å². The molecule has 2 aromatic rings. The van der Waals surface area contributed by atoms with Crippen LogP contribution in [-0.4, -0.2) is 87.0 Å². The quantitative estimate of drug-likeness (QED) is 0.466. The van der Waals surface area contributed by atoms with Crippen molar-refractivity contribution < 1.29 is 23.4 Å². The minimum absolute atomic E-state index is 0.261. The second kappa shape index (κ2) is 13.2. The van der Waals surface area contributed by atoms with Crippen molar-refractivity contribution in [3.63, 3.8) is 0 Å². The maximum absolute atomic E-state index is 12.2. The van der Waals surface area contributed by atoms with Gasteiger partial charge in [0.15, 0.2) is 5.69 Å². The number of benzene rings is 1. The third-order valence-corrected chi connectivity index (χ3v) is 5.21. The van der Waals surface area contributed by atoms with Crippen molar-refractivity contribution in [2.45, 2.75) is 20.0 Å². The first-order valence-electron chi connectivity index (χ1n) is 11.1. The predicted octanol–water partition coefficient (Wildman–Crippen LogP) is 1.78. The first kappa shape index (κ1) is 24.2. The average molecular weight is 447 g/mol. The molecule has 1 N–H and O–H groups in total. The van der Waals surface area contributed by atoms with Crippen molar-refractivity contribution in [1.29, 1.82) is 0 Å². The third-order valence-electron chi connectivity index (χ3n) is 5.21. The molecule has 1 aliphatic heterocycles. The van der Waals surface area contributed by atoms with Crippen LogP contribution in [0.4, 0.5) is 0 Å². The van der Waals surface area contributed by atoms with Crippen molar-refractivity contribution >= 4 is 5.91 Å². The Morgan fingerprint density at radius 2 is 2.00 bits per heavy atom. The lowest BCUT2D eigenvalue weighted by atomic mass is 10.2. The van der Waals surface area contributed by atoms with Crippen molar-refractivity contribution in [3.05, 3.63) is 47.7 Å². The Balaban J connectivity index is 1.61. The topological polar surface area (TPSA) is 89.3 Å². The van der Waals surface area contributed by atoms with Gasteiger partial charge >= 0.3 is 0 Å². The van der Waals surface area contributed by atoms with Gasteiger partial charge in [-0.1, -0.05) is 12.1 Å². The maximum Gasteiger partial charge on any atom is 0.273 e. The number of nitrogens with zero attached hydrogens (tertiary/aromatic N) is 3. The van der Waals surface area contributed by atoms with Crippen LogP contribution in [0.25, 0.3) is 0 Å². The van der Waals surface area contributed by atoms with Gasteiger partial charge in [-0.2, -0.15) is 0 Å². The van der Waals surface area contributed by atoms with E-state index in [1.54, 1.807) is 7.11 Å². The summed E-state index contributed by atoms with van der Waals surface area (Å²) in [5.41, 5.74) is 1.46. The molecular weight excluding hydrogens is 412 g/mol. The van der Waals surface area contributed by atoms with Crippen molar-refractivity contribution in [2.75, 3.05) is 66.3 Å². The highest BCUT2D eigenvalue weighted by Gasteiger charge is 2.17. The number of ether oxygens (including phenoxy) is 3. The van der Waals surface area contributed by atoms with Crippen molar-refractivity contribution in [2.24, 2.45) is 0 Å². The van der Waals surface area contributed by atoms with E-state index in [2.05, 4.69) is 32.2 Å². The summed E-state index contributed by atoms with van der Waals surface area (Å²) in [7, 11) is 1.59. The molecule has 0 spiro atoms. The van der Waals surface area contributed by atoms with Crippen LogP contribution >= 0.6 is 0 Å². The van der Waals surface area contributed by atoms with Gasteiger partial charge in [0.25, 0.3) is 5.91 Å². The molecule has 1 aliphatic rings. The molecule has 1 aromatic carbocycles. The van der Waals surface area contributed by atoms with Crippen LogP contribution in [-0.2, 0) is 22.6 Å². The van der Waals surface area contributed by atoms with Crippen LogP contribution in [0.5, 0.6) is 5.75 Å². The normalized spacial score (nSPS) is 14.6. The number of amides is 1.